The quantitative estimate of drug-likeness (QED) is 0.728. The minimum atomic E-state index is -4.06. The molecule has 5 heteroatoms. The summed E-state index contributed by atoms with van der Waals surface area (Å²) in [5.41, 5.74) is 1.29. The lowest BCUT2D eigenvalue weighted by atomic mass is 10.3. The molecule has 0 radical (unpaired) electrons. The molecule has 1 N–H and O–H groups in total. The zero-order valence-corrected chi connectivity index (χ0v) is 7.82. The second-order valence-electron chi connectivity index (χ2n) is 2.52. The number of aryl methyl sites for hydroxylation is 1. The Morgan fingerprint density at radius 3 is 2.69 bits per heavy atom. The molecular weight excluding hydrogens is 190 g/mol. The van der Waals surface area contributed by atoms with E-state index in [1.54, 1.807) is 25.1 Å². The number of nitrogens with zero attached hydrogens (tertiary/aromatic N) is 1. The van der Waals surface area contributed by atoms with Crippen molar-refractivity contribution in [3.05, 3.63) is 35.0 Å². The normalized spacial score (nSPS) is 12.2. The average molecular weight is 199 g/mol. The van der Waals surface area contributed by atoms with E-state index in [0.717, 1.165) is 5.69 Å². The maximum atomic E-state index is 10.3. The lowest BCUT2D eigenvalue weighted by molar-refractivity contribution is 0.494. The third kappa shape index (κ3) is 3.82. The highest BCUT2D eigenvalue weighted by Gasteiger charge is 1.96. The highest BCUT2D eigenvalue weighted by molar-refractivity contribution is 7.88. The van der Waals surface area contributed by atoms with Gasteiger partial charge in [-0.25, -0.2) is 0 Å². The van der Waals surface area contributed by atoms with Crippen LogP contribution in [0.1, 0.15) is 11.4 Å². The number of rotatable bonds is 2. The topological polar surface area (TPSA) is 67.3 Å². The van der Waals surface area contributed by atoms with Gasteiger partial charge in [0.2, 0.25) is 0 Å². The van der Waals surface area contributed by atoms with E-state index in [0.29, 0.717) is 11.1 Å². The minimum absolute atomic E-state index is 0.498. The molecular formula is C8H9NO3S. The molecule has 0 spiro atoms. The Balaban J connectivity index is 2.93. The van der Waals surface area contributed by atoms with Crippen LogP contribution in [0, 0.1) is 6.92 Å². The Labute approximate surface area is 76.7 Å². The Morgan fingerprint density at radius 2 is 2.15 bits per heavy atom. The van der Waals surface area contributed by atoms with Crippen LogP contribution in [0.15, 0.2) is 23.6 Å². The summed E-state index contributed by atoms with van der Waals surface area (Å²) in [7, 11) is -4.06. The number of hydrogen-bond donors (Lipinski definition) is 1. The molecule has 0 saturated carbocycles. The predicted octanol–water partition coefficient (Wildman–Crippen LogP) is 1.25. The maximum Gasteiger partial charge on any atom is 0.287 e. The van der Waals surface area contributed by atoms with E-state index in [1.807, 2.05) is 0 Å². The van der Waals surface area contributed by atoms with Crippen molar-refractivity contribution in [3.8, 4) is 0 Å². The van der Waals surface area contributed by atoms with Crippen molar-refractivity contribution in [1.82, 2.24) is 4.98 Å². The zero-order chi connectivity index (χ0) is 9.90. The van der Waals surface area contributed by atoms with Gasteiger partial charge in [0.15, 0.2) is 0 Å². The van der Waals surface area contributed by atoms with Crippen molar-refractivity contribution in [2.24, 2.45) is 0 Å². The van der Waals surface area contributed by atoms with Gasteiger partial charge >= 0.3 is 0 Å². The molecule has 0 aliphatic rings. The molecule has 0 aliphatic carbocycles. The van der Waals surface area contributed by atoms with Crippen molar-refractivity contribution >= 4 is 16.2 Å². The third-order valence-electron chi connectivity index (χ3n) is 1.32. The summed E-state index contributed by atoms with van der Waals surface area (Å²) in [6, 6.07) is 5.20. The van der Waals surface area contributed by atoms with Gasteiger partial charge in [-0.3, -0.25) is 9.54 Å². The molecule has 4 nitrogen and oxygen atoms in total. The average Bonchev–Trinajstić information content (AvgIpc) is 2.00. The van der Waals surface area contributed by atoms with Crippen LogP contribution < -0.4 is 0 Å². The van der Waals surface area contributed by atoms with Crippen LogP contribution in [0.3, 0.4) is 0 Å². The van der Waals surface area contributed by atoms with E-state index in [4.69, 9.17) is 4.55 Å². The molecule has 0 atom stereocenters. The standard InChI is InChI=1S/C8H9NO3S/c1-7-3-2-4-8(9-7)5-6-13(10,11)12/h2-6H,1H3,(H,10,11,12)/b6-5+. The molecule has 1 rings (SSSR count). The second kappa shape index (κ2) is 3.68. The number of hydrogen-bond acceptors (Lipinski definition) is 3. The first-order chi connectivity index (χ1) is 5.97. The fourth-order valence-corrected chi connectivity index (χ4v) is 1.12. The van der Waals surface area contributed by atoms with Gasteiger partial charge in [-0.1, -0.05) is 6.07 Å². The molecule has 0 fully saturated rings. The van der Waals surface area contributed by atoms with Crippen LogP contribution in [0.5, 0.6) is 0 Å². The monoisotopic (exact) mass is 199 g/mol. The van der Waals surface area contributed by atoms with Crippen LogP contribution in [0.4, 0.5) is 0 Å². The molecule has 0 amide bonds. The summed E-state index contributed by atoms with van der Waals surface area (Å²) in [6.45, 7) is 1.80. The molecule has 0 saturated heterocycles. The molecule has 0 aliphatic heterocycles. The van der Waals surface area contributed by atoms with E-state index < -0.39 is 10.1 Å². The second-order valence-corrected chi connectivity index (χ2v) is 3.82. The summed E-state index contributed by atoms with van der Waals surface area (Å²) in [4.78, 5) is 4.01. The third-order valence-corrected chi connectivity index (χ3v) is 1.80. The Bertz CT molecular complexity index is 423. The Kier molecular flexibility index (Phi) is 2.79. The van der Waals surface area contributed by atoms with Crippen molar-refractivity contribution in [3.63, 3.8) is 0 Å². The van der Waals surface area contributed by atoms with Gasteiger partial charge in [0.25, 0.3) is 10.1 Å². The largest absolute Gasteiger partial charge is 0.287 e. The zero-order valence-electron chi connectivity index (χ0n) is 7.01. The van der Waals surface area contributed by atoms with Gasteiger partial charge in [0.1, 0.15) is 0 Å². The van der Waals surface area contributed by atoms with Crippen LogP contribution >= 0.6 is 0 Å². The Hall–Kier alpha value is -1.20. The van der Waals surface area contributed by atoms with Gasteiger partial charge in [-0.05, 0) is 25.1 Å². The Morgan fingerprint density at radius 1 is 1.46 bits per heavy atom. The SMILES string of the molecule is Cc1cccc(/C=C/S(=O)(=O)O)n1. The van der Waals surface area contributed by atoms with Gasteiger partial charge in [-0.15, -0.1) is 0 Å². The molecule has 13 heavy (non-hydrogen) atoms. The number of pyridine rings is 1. The van der Waals surface area contributed by atoms with E-state index >= 15 is 0 Å². The lowest BCUT2D eigenvalue weighted by Gasteiger charge is -1.93. The molecule has 1 aromatic rings. The van der Waals surface area contributed by atoms with E-state index in [-0.39, 0.29) is 0 Å². The first-order valence-electron chi connectivity index (χ1n) is 3.56. The first-order valence-corrected chi connectivity index (χ1v) is 5.07. The summed E-state index contributed by atoms with van der Waals surface area (Å²) < 4.78 is 29.1. The van der Waals surface area contributed by atoms with E-state index in [9.17, 15) is 8.42 Å². The van der Waals surface area contributed by atoms with Gasteiger partial charge in [0.05, 0.1) is 11.1 Å². The summed E-state index contributed by atoms with van der Waals surface area (Å²) in [5, 5.41) is 0.703. The van der Waals surface area contributed by atoms with Crippen molar-refractivity contribution in [2.45, 2.75) is 6.92 Å². The number of aromatic nitrogens is 1. The van der Waals surface area contributed by atoms with Gasteiger partial charge in [-0.2, -0.15) is 8.42 Å². The summed E-state index contributed by atoms with van der Waals surface area (Å²) >= 11 is 0. The van der Waals surface area contributed by atoms with Gasteiger partial charge in [0, 0.05) is 5.69 Å². The first kappa shape index (κ1) is 9.88. The minimum Gasteiger partial charge on any atom is -0.282 e. The van der Waals surface area contributed by atoms with Crippen molar-refractivity contribution in [2.75, 3.05) is 0 Å². The summed E-state index contributed by atoms with van der Waals surface area (Å²) in [5.74, 6) is 0. The molecule has 0 unspecified atom stereocenters. The van der Waals surface area contributed by atoms with Crippen molar-refractivity contribution in [1.29, 1.82) is 0 Å². The van der Waals surface area contributed by atoms with Crippen LogP contribution in [0.25, 0.3) is 6.08 Å². The van der Waals surface area contributed by atoms with Gasteiger partial charge < -0.3 is 0 Å². The highest BCUT2D eigenvalue weighted by Crippen LogP contribution is 2.01. The van der Waals surface area contributed by atoms with E-state index in [1.165, 1.54) is 6.08 Å². The molecule has 1 heterocycles. The fraction of sp³-hybridized carbons (Fsp3) is 0.125. The molecule has 70 valence electrons. The van der Waals surface area contributed by atoms with Crippen LogP contribution in [-0.2, 0) is 10.1 Å². The lowest BCUT2D eigenvalue weighted by Crippen LogP contribution is -1.90. The summed E-state index contributed by atoms with van der Waals surface area (Å²) in [6.07, 6.45) is 1.24. The van der Waals surface area contributed by atoms with Crippen LogP contribution in [-0.4, -0.2) is 18.0 Å². The molecule has 0 aromatic carbocycles. The maximum absolute atomic E-state index is 10.3. The molecule has 1 aromatic heterocycles. The van der Waals surface area contributed by atoms with Crippen molar-refractivity contribution < 1.29 is 13.0 Å². The van der Waals surface area contributed by atoms with E-state index in [2.05, 4.69) is 4.98 Å². The van der Waals surface area contributed by atoms with Crippen LogP contribution in [0.2, 0.25) is 0 Å². The molecule has 0 bridgehead atoms. The smallest absolute Gasteiger partial charge is 0.282 e. The predicted molar refractivity (Wildman–Crippen MR) is 49.6 cm³/mol. The fourth-order valence-electron chi connectivity index (χ4n) is 0.813. The highest BCUT2D eigenvalue weighted by atomic mass is 32.2.